The minimum atomic E-state index is -3.49. The Morgan fingerprint density at radius 1 is 0.909 bits per heavy atom. The highest BCUT2D eigenvalue weighted by atomic mass is 32.2. The van der Waals surface area contributed by atoms with Crippen LogP contribution in [-0.4, -0.2) is 8.42 Å². The summed E-state index contributed by atoms with van der Waals surface area (Å²) in [5.74, 6) is 0. The third-order valence-electron chi connectivity index (χ3n) is 3.25. The second kappa shape index (κ2) is 6.63. The number of sulfonamides is 1. The van der Waals surface area contributed by atoms with Gasteiger partial charge < -0.3 is 0 Å². The highest BCUT2D eigenvalue weighted by Crippen LogP contribution is 2.22. The Morgan fingerprint density at radius 3 is 2.18 bits per heavy atom. The van der Waals surface area contributed by atoms with Gasteiger partial charge in [-0.25, -0.2) is 13.1 Å². The minimum absolute atomic E-state index is 0.125. The van der Waals surface area contributed by atoms with Crippen LogP contribution < -0.4 is 4.72 Å². The Bertz CT molecular complexity index is 716. The average Bonchev–Trinajstić information content (AvgIpc) is 2.45. The van der Waals surface area contributed by atoms with Crippen LogP contribution in [0.4, 0.5) is 0 Å². The lowest BCUT2D eigenvalue weighted by molar-refractivity contribution is 0.411. The third-order valence-corrected chi connectivity index (χ3v) is 4.65. The molecule has 0 atom stereocenters. The zero-order chi connectivity index (χ0) is 16.2. The molecule has 1 N–H and O–H groups in total. The summed E-state index contributed by atoms with van der Waals surface area (Å²) in [5.41, 5.74) is 2.10. The van der Waals surface area contributed by atoms with Crippen LogP contribution >= 0.6 is 0 Å². The fraction of sp³-hybridized carbons (Fsp3) is 0.333. The second-order valence-corrected chi connectivity index (χ2v) is 8.46. The van der Waals surface area contributed by atoms with E-state index in [0.29, 0.717) is 11.4 Å². The molecule has 0 aromatic heterocycles. The van der Waals surface area contributed by atoms with E-state index in [0.717, 1.165) is 17.5 Å². The van der Waals surface area contributed by atoms with Crippen molar-refractivity contribution < 1.29 is 8.42 Å². The van der Waals surface area contributed by atoms with Gasteiger partial charge in [-0.05, 0) is 35.1 Å². The molecule has 0 aliphatic heterocycles. The molecule has 0 heterocycles. The highest BCUT2D eigenvalue weighted by Gasteiger charge is 2.16. The summed E-state index contributed by atoms with van der Waals surface area (Å²) in [6, 6.07) is 16.7. The van der Waals surface area contributed by atoms with E-state index in [9.17, 15) is 8.42 Å². The van der Waals surface area contributed by atoms with Crippen molar-refractivity contribution in [2.75, 3.05) is 0 Å². The van der Waals surface area contributed by atoms with Crippen LogP contribution in [0.1, 0.15) is 31.9 Å². The first-order valence-corrected chi connectivity index (χ1v) is 8.87. The summed E-state index contributed by atoms with van der Waals surface area (Å²) < 4.78 is 27.5. The first-order valence-electron chi connectivity index (χ1n) is 7.39. The van der Waals surface area contributed by atoms with Crippen molar-refractivity contribution in [1.29, 1.82) is 0 Å². The van der Waals surface area contributed by atoms with Crippen molar-refractivity contribution in [3.05, 3.63) is 65.7 Å². The summed E-state index contributed by atoms with van der Waals surface area (Å²) in [6.07, 6.45) is 0.842. The fourth-order valence-electron chi connectivity index (χ4n) is 2.29. The molecule has 0 saturated heterocycles. The quantitative estimate of drug-likeness (QED) is 0.913. The number of hydrogen-bond donors (Lipinski definition) is 1. The highest BCUT2D eigenvalue weighted by molar-refractivity contribution is 7.89. The van der Waals surface area contributed by atoms with Crippen LogP contribution in [0.15, 0.2) is 59.5 Å². The van der Waals surface area contributed by atoms with E-state index in [2.05, 4.69) is 25.5 Å². The van der Waals surface area contributed by atoms with E-state index in [-0.39, 0.29) is 5.41 Å². The lowest BCUT2D eigenvalue weighted by atomic mass is 9.88. The van der Waals surface area contributed by atoms with Crippen LogP contribution in [0.2, 0.25) is 0 Å². The van der Waals surface area contributed by atoms with Gasteiger partial charge in [0.05, 0.1) is 4.90 Å². The largest absolute Gasteiger partial charge is 0.240 e. The Labute approximate surface area is 133 Å². The van der Waals surface area contributed by atoms with Crippen molar-refractivity contribution in [3.63, 3.8) is 0 Å². The second-order valence-electron chi connectivity index (χ2n) is 6.69. The van der Waals surface area contributed by atoms with Gasteiger partial charge >= 0.3 is 0 Å². The predicted molar refractivity (Wildman–Crippen MR) is 90.1 cm³/mol. The molecule has 0 spiro atoms. The van der Waals surface area contributed by atoms with Gasteiger partial charge in [-0.2, -0.15) is 0 Å². The van der Waals surface area contributed by atoms with Crippen molar-refractivity contribution in [3.8, 4) is 0 Å². The lowest BCUT2D eigenvalue weighted by Crippen LogP contribution is -2.23. The summed E-state index contributed by atoms with van der Waals surface area (Å²) in [5, 5.41) is 0. The van der Waals surface area contributed by atoms with Crippen LogP contribution in [0.3, 0.4) is 0 Å². The van der Waals surface area contributed by atoms with E-state index in [4.69, 9.17) is 0 Å². The molecule has 0 fully saturated rings. The Kier molecular flexibility index (Phi) is 5.04. The molecule has 0 radical (unpaired) electrons. The van der Waals surface area contributed by atoms with Crippen LogP contribution in [0.25, 0.3) is 0 Å². The number of nitrogens with one attached hydrogen (secondary N) is 1. The molecule has 3 nitrogen and oxygen atoms in total. The van der Waals surface area contributed by atoms with E-state index in [1.54, 1.807) is 18.2 Å². The molecular formula is C18H23NO2S. The predicted octanol–water partition coefficient (Wildman–Crippen LogP) is 3.75. The van der Waals surface area contributed by atoms with Gasteiger partial charge in [-0.15, -0.1) is 0 Å². The molecule has 0 bridgehead atoms. The number of rotatable bonds is 5. The molecule has 4 heteroatoms. The molecule has 2 aromatic rings. The zero-order valence-electron chi connectivity index (χ0n) is 13.3. The molecule has 0 unspecified atom stereocenters. The standard InChI is InChI=1S/C18H23NO2S/c1-18(2,3)13-16-10-7-11-17(12-16)22(20,21)19-14-15-8-5-4-6-9-15/h4-12,19H,13-14H2,1-3H3. The van der Waals surface area contributed by atoms with Crippen LogP contribution in [0, 0.1) is 5.41 Å². The smallest absolute Gasteiger partial charge is 0.207 e. The first kappa shape index (κ1) is 16.7. The Hall–Kier alpha value is -1.65. The first-order chi connectivity index (χ1) is 10.3. The average molecular weight is 317 g/mol. The summed E-state index contributed by atoms with van der Waals surface area (Å²) in [6.45, 7) is 6.72. The molecular weight excluding hydrogens is 294 g/mol. The van der Waals surface area contributed by atoms with Crippen molar-refractivity contribution in [1.82, 2.24) is 4.72 Å². The normalized spacial score (nSPS) is 12.3. The maximum Gasteiger partial charge on any atom is 0.240 e. The minimum Gasteiger partial charge on any atom is -0.207 e. The number of benzene rings is 2. The van der Waals surface area contributed by atoms with Gasteiger partial charge in [0.15, 0.2) is 0 Å². The molecule has 22 heavy (non-hydrogen) atoms. The molecule has 118 valence electrons. The summed E-state index contributed by atoms with van der Waals surface area (Å²) >= 11 is 0. The SMILES string of the molecule is CC(C)(C)Cc1cccc(S(=O)(=O)NCc2ccccc2)c1. The van der Waals surface area contributed by atoms with Gasteiger partial charge in [0.1, 0.15) is 0 Å². The van der Waals surface area contributed by atoms with Crippen molar-refractivity contribution in [2.24, 2.45) is 5.41 Å². The topological polar surface area (TPSA) is 46.2 Å². The maximum absolute atomic E-state index is 12.4. The van der Waals surface area contributed by atoms with Gasteiger partial charge in [0.2, 0.25) is 10.0 Å². The molecule has 0 aliphatic rings. The van der Waals surface area contributed by atoms with Crippen molar-refractivity contribution in [2.45, 2.75) is 38.6 Å². The third kappa shape index (κ3) is 4.97. The van der Waals surface area contributed by atoms with E-state index < -0.39 is 10.0 Å². The summed E-state index contributed by atoms with van der Waals surface area (Å²) in [7, 11) is -3.49. The van der Waals surface area contributed by atoms with Gasteiger partial charge in [0.25, 0.3) is 0 Å². The van der Waals surface area contributed by atoms with Crippen molar-refractivity contribution >= 4 is 10.0 Å². The molecule has 2 rings (SSSR count). The monoisotopic (exact) mass is 317 g/mol. The van der Waals surface area contributed by atoms with Gasteiger partial charge in [0, 0.05) is 6.54 Å². The summed E-state index contributed by atoms with van der Waals surface area (Å²) in [4.78, 5) is 0.324. The van der Waals surface area contributed by atoms with Gasteiger partial charge in [-0.3, -0.25) is 0 Å². The molecule has 0 aliphatic carbocycles. The number of hydrogen-bond acceptors (Lipinski definition) is 2. The van der Waals surface area contributed by atoms with E-state index in [1.807, 2.05) is 36.4 Å². The van der Waals surface area contributed by atoms with E-state index in [1.165, 1.54) is 0 Å². The van der Waals surface area contributed by atoms with Crippen LogP contribution in [0.5, 0.6) is 0 Å². The molecule has 2 aromatic carbocycles. The van der Waals surface area contributed by atoms with Crippen LogP contribution in [-0.2, 0) is 23.0 Å². The lowest BCUT2D eigenvalue weighted by Gasteiger charge is -2.18. The molecule has 0 amide bonds. The molecule has 0 saturated carbocycles. The van der Waals surface area contributed by atoms with Gasteiger partial charge in [-0.1, -0.05) is 63.2 Å². The Morgan fingerprint density at radius 2 is 1.55 bits per heavy atom. The zero-order valence-corrected chi connectivity index (χ0v) is 14.2. The van der Waals surface area contributed by atoms with E-state index >= 15 is 0 Å². The maximum atomic E-state index is 12.4. The fourth-order valence-corrected chi connectivity index (χ4v) is 3.38. The Balaban J connectivity index is 2.14.